The van der Waals surface area contributed by atoms with Crippen LogP contribution in [0.3, 0.4) is 0 Å². The van der Waals surface area contributed by atoms with E-state index in [9.17, 15) is 0 Å². The summed E-state index contributed by atoms with van der Waals surface area (Å²) in [7, 11) is 0. The minimum absolute atomic E-state index is 0.0778. The van der Waals surface area contributed by atoms with E-state index in [1.807, 2.05) is 0 Å². The quantitative estimate of drug-likeness (QED) is 0.109. The molecule has 0 spiro atoms. The molecule has 4 aromatic carbocycles. The second-order valence-electron chi connectivity index (χ2n) is 13.9. The summed E-state index contributed by atoms with van der Waals surface area (Å²) in [5.41, 5.74) is 13.8. The van der Waals surface area contributed by atoms with Crippen LogP contribution in [-0.4, -0.2) is 0 Å². The van der Waals surface area contributed by atoms with Crippen molar-refractivity contribution < 1.29 is 0 Å². The Balaban J connectivity index is 1.58. The highest BCUT2D eigenvalue weighted by atomic mass is 15.1. The second kappa shape index (κ2) is 15.8. The zero-order valence-electron chi connectivity index (χ0n) is 28.9. The van der Waals surface area contributed by atoms with Crippen molar-refractivity contribution in [1.29, 1.82) is 0 Å². The van der Waals surface area contributed by atoms with Gasteiger partial charge < -0.3 is 4.90 Å². The van der Waals surface area contributed by atoms with Gasteiger partial charge in [-0.05, 0) is 92.3 Å². The standard InChI is InChI=1S/C44H57N/c1-6-8-10-12-14-16-30-44(31-17-15-13-11-9-7-2)42-32-36(5)22-28-40(42)41-29-27-39(33-43(41)44)45(37-23-18-34(3)19-24-37)38-25-20-35(4)21-26-38/h18-29,32-33H,6-17,30-31H2,1-5H3. The fourth-order valence-electron chi connectivity index (χ4n) is 7.65. The van der Waals surface area contributed by atoms with Crippen LogP contribution in [0.2, 0.25) is 0 Å². The van der Waals surface area contributed by atoms with Crippen LogP contribution in [-0.2, 0) is 5.41 Å². The highest BCUT2D eigenvalue weighted by molar-refractivity contribution is 5.86. The van der Waals surface area contributed by atoms with Gasteiger partial charge in [0.15, 0.2) is 0 Å². The molecule has 1 heteroatoms. The maximum atomic E-state index is 2.58. The Kier molecular flexibility index (Phi) is 11.6. The van der Waals surface area contributed by atoms with Crippen LogP contribution in [0.15, 0.2) is 84.9 Å². The first-order chi connectivity index (χ1) is 22.0. The number of nitrogens with zero attached hydrogens (tertiary/aromatic N) is 1. The normalized spacial score (nSPS) is 13.1. The summed E-state index contributed by atoms with van der Waals surface area (Å²) in [6.07, 6.45) is 18.6. The maximum Gasteiger partial charge on any atom is 0.0465 e. The Morgan fingerprint density at radius 1 is 0.422 bits per heavy atom. The molecule has 0 saturated carbocycles. The molecule has 0 fully saturated rings. The first-order valence-corrected chi connectivity index (χ1v) is 18.2. The Morgan fingerprint density at radius 2 is 0.822 bits per heavy atom. The zero-order chi connectivity index (χ0) is 31.6. The van der Waals surface area contributed by atoms with Gasteiger partial charge in [0.05, 0.1) is 0 Å². The van der Waals surface area contributed by atoms with Crippen LogP contribution >= 0.6 is 0 Å². The predicted molar refractivity (Wildman–Crippen MR) is 198 cm³/mol. The lowest BCUT2D eigenvalue weighted by Crippen LogP contribution is -2.26. The summed E-state index contributed by atoms with van der Waals surface area (Å²) in [5, 5.41) is 0. The number of anilines is 3. The lowest BCUT2D eigenvalue weighted by Gasteiger charge is -2.34. The lowest BCUT2D eigenvalue weighted by atomic mass is 9.70. The topological polar surface area (TPSA) is 3.24 Å². The summed E-state index contributed by atoms with van der Waals surface area (Å²) >= 11 is 0. The van der Waals surface area contributed by atoms with Gasteiger partial charge in [0.1, 0.15) is 0 Å². The number of hydrogen-bond acceptors (Lipinski definition) is 1. The van der Waals surface area contributed by atoms with Crippen LogP contribution in [0.1, 0.15) is 132 Å². The molecule has 0 aromatic heterocycles. The maximum absolute atomic E-state index is 2.58. The minimum Gasteiger partial charge on any atom is -0.310 e. The Labute approximate surface area is 275 Å². The van der Waals surface area contributed by atoms with Gasteiger partial charge in [-0.3, -0.25) is 0 Å². The van der Waals surface area contributed by atoms with Crippen LogP contribution in [0.5, 0.6) is 0 Å². The summed E-state index contributed by atoms with van der Waals surface area (Å²) in [6, 6.07) is 32.8. The van der Waals surface area contributed by atoms with E-state index < -0.39 is 0 Å². The third kappa shape index (κ3) is 7.74. The van der Waals surface area contributed by atoms with Crippen LogP contribution in [0, 0.1) is 20.8 Å². The third-order valence-corrected chi connectivity index (χ3v) is 10.3. The van der Waals surface area contributed by atoms with Crippen molar-refractivity contribution in [2.75, 3.05) is 4.90 Å². The molecule has 1 aliphatic carbocycles. The predicted octanol–water partition coefficient (Wildman–Crippen LogP) is 13.8. The molecule has 0 N–H and O–H groups in total. The van der Waals surface area contributed by atoms with E-state index in [-0.39, 0.29) is 5.41 Å². The third-order valence-electron chi connectivity index (χ3n) is 10.3. The fourth-order valence-corrected chi connectivity index (χ4v) is 7.65. The molecule has 238 valence electrons. The summed E-state index contributed by atoms with van der Waals surface area (Å²) in [5.74, 6) is 0. The molecule has 0 bridgehead atoms. The smallest absolute Gasteiger partial charge is 0.0465 e. The van der Waals surface area contributed by atoms with Gasteiger partial charge >= 0.3 is 0 Å². The van der Waals surface area contributed by atoms with Gasteiger partial charge in [-0.2, -0.15) is 0 Å². The molecule has 0 radical (unpaired) electrons. The van der Waals surface area contributed by atoms with E-state index in [1.165, 1.54) is 135 Å². The molecule has 5 rings (SSSR count). The summed E-state index contributed by atoms with van der Waals surface area (Å²) in [4.78, 5) is 2.47. The van der Waals surface area contributed by atoms with Gasteiger partial charge in [0, 0.05) is 22.5 Å². The molecule has 0 saturated heterocycles. The minimum atomic E-state index is 0.0778. The molecule has 0 amide bonds. The zero-order valence-corrected chi connectivity index (χ0v) is 28.9. The van der Waals surface area contributed by atoms with E-state index in [4.69, 9.17) is 0 Å². The van der Waals surface area contributed by atoms with Crippen LogP contribution < -0.4 is 4.90 Å². The number of hydrogen-bond donors (Lipinski definition) is 0. The second-order valence-corrected chi connectivity index (χ2v) is 13.9. The summed E-state index contributed by atoms with van der Waals surface area (Å²) < 4.78 is 0. The van der Waals surface area contributed by atoms with Gasteiger partial charge in [-0.1, -0.05) is 156 Å². The van der Waals surface area contributed by atoms with Gasteiger partial charge in [0.2, 0.25) is 0 Å². The van der Waals surface area contributed by atoms with E-state index in [0.717, 1.165) is 0 Å². The highest BCUT2D eigenvalue weighted by Crippen LogP contribution is 2.56. The molecule has 0 aliphatic heterocycles. The Morgan fingerprint density at radius 3 is 1.33 bits per heavy atom. The van der Waals surface area contributed by atoms with E-state index in [0.29, 0.717) is 0 Å². The number of rotatable bonds is 17. The molecule has 0 heterocycles. The van der Waals surface area contributed by atoms with Crippen molar-refractivity contribution in [2.45, 2.75) is 130 Å². The molecular formula is C44H57N. The largest absolute Gasteiger partial charge is 0.310 e. The molecule has 45 heavy (non-hydrogen) atoms. The monoisotopic (exact) mass is 599 g/mol. The number of benzene rings is 4. The highest BCUT2D eigenvalue weighted by Gasteiger charge is 2.42. The van der Waals surface area contributed by atoms with E-state index >= 15 is 0 Å². The Bertz CT molecular complexity index is 1430. The number of fused-ring (bicyclic) bond motifs is 3. The van der Waals surface area contributed by atoms with Gasteiger partial charge in [-0.25, -0.2) is 0 Å². The molecule has 0 unspecified atom stereocenters. The van der Waals surface area contributed by atoms with Crippen LogP contribution in [0.25, 0.3) is 11.1 Å². The fraction of sp³-hybridized carbons (Fsp3) is 0.455. The number of unbranched alkanes of at least 4 members (excludes halogenated alkanes) is 10. The van der Waals surface area contributed by atoms with E-state index in [2.05, 4.69) is 124 Å². The molecule has 1 nitrogen and oxygen atoms in total. The van der Waals surface area contributed by atoms with Crippen molar-refractivity contribution in [3.8, 4) is 11.1 Å². The average molecular weight is 600 g/mol. The van der Waals surface area contributed by atoms with Crippen molar-refractivity contribution in [1.82, 2.24) is 0 Å². The van der Waals surface area contributed by atoms with Gasteiger partial charge in [0.25, 0.3) is 0 Å². The SMILES string of the molecule is CCCCCCCCC1(CCCCCCCC)c2cc(C)ccc2-c2ccc(N(c3ccc(C)cc3)c3ccc(C)cc3)cc21. The van der Waals surface area contributed by atoms with Crippen molar-refractivity contribution >= 4 is 17.1 Å². The van der Waals surface area contributed by atoms with E-state index in [1.54, 1.807) is 11.1 Å². The average Bonchev–Trinajstić information content (AvgIpc) is 3.30. The van der Waals surface area contributed by atoms with Crippen molar-refractivity contribution in [2.24, 2.45) is 0 Å². The van der Waals surface area contributed by atoms with Gasteiger partial charge in [-0.15, -0.1) is 0 Å². The first kappa shape index (κ1) is 33.1. The molecule has 1 aliphatic rings. The lowest BCUT2D eigenvalue weighted by molar-refractivity contribution is 0.398. The Hall–Kier alpha value is -3.32. The van der Waals surface area contributed by atoms with Crippen molar-refractivity contribution in [3.63, 3.8) is 0 Å². The van der Waals surface area contributed by atoms with Crippen molar-refractivity contribution in [3.05, 3.63) is 113 Å². The van der Waals surface area contributed by atoms with Crippen LogP contribution in [0.4, 0.5) is 17.1 Å². The first-order valence-electron chi connectivity index (χ1n) is 18.2. The molecule has 4 aromatic rings. The number of aryl methyl sites for hydroxylation is 3. The molecule has 0 atom stereocenters. The molecular weight excluding hydrogens is 542 g/mol. The summed E-state index contributed by atoms with van der Waals surface area (Å²) in [6.45, 7) is 11.3.